The second-order valence-electron chi connectivity index (χ2n) is 3.42. The highest BCUT2D eigenvalue weighted by Crippen LogP contribution is 2.06. The van der Waals surface area contributed by atoms with E-state index in [2.05, 4.69) is 0 Å². The lowest BCUT2D eigenvalue weighted by molar-refractivity contribution is -0.148. The fraction of sp³-hybridized carbons (Fsp3) is 0.500. The van der Waals surface area contributed by atoms with E-state index in [0.717, 1.165) is 0 Å². The molecule has 2 heteroatoms. The topological polar surface area (TPSA) is 26.3 Å². The van der Waals surface area contributed by atoms with Crippen LogP contribution in [0, 0.1) is 0 Å². The summed E-state index contributed by atoms with van der Waals surface area (Å²) in [5.74, 6) is -0.305. The normalized spacial score (nSPS) is 12.7. The summed E-state index contributed by atoms with van der Waals surface area (Å²) in [4.78, 5) is 11.0. The zero-order valence-electron chi connectivity index (χ0n) is 8.13. The van der Waals surface area contributed by atoms with Crippen LogP contribution < -0.4 is 0 Å². The molecule has 0 aliphatic rings. The summed E-state index contributed by atoms with van der Waals surface area (Å²) >= 11 is 0. The molecule has 68 valence electrons. The first-order valence-corrected chi connectivity index (χ1v) is 3.98. The molecular formula is C10H16O2. The van der Waals surface area contributed by atoms with Crippen LogP contribution >= 0.6 is 0 Å². The molecule has 0 saturated carbocycles. The number of ether oxygens (including phenoxy) is 1. The van der Waals surface area contributed by atoms with Crippen molar-refractivity contribution in [1.82, 2.24) is 0 Å². The molecule has 0 aromatic carbocycles. The minimum Gasteiger partial charge on any atom is -0.457 e. The molecule has 0 aliphatic heterocycles. The number of hydrogen-bond acceptors (Lipinski definition) is 2. The van der Waals surface area contributed by atoms with Crippen molar-refractivity contribution in [3.8, 4) is 0 Å². The van der Waals surface area contributed by atoms with Crippen LogP contribution in [0.2, 0.25) is 0 Å². The van der Waals surface area contributed by atoms with Crippen LogP contribution in [0.25, 0.3) is 0 Å². The third-order valence-corrected chi connectivity index (χ3v) is 0.943. The minimum atomic E-state index is -0.405. The maximum Gasteiger partial charge on any atom is 0.331 e. The Kier molecular flexibility index (Phi) is 4.34. The molecule has 0 rings (SSSR count). The van der Waals surface area contributed by atoms with Crippen LogP contribution in [0.15, 0.2) is 24.3 Å². The molecule has 0 heterocycles. The van der Waals surface area contributed by atoms with Gasteiger partial charge >= 0.3 is 5.97 Å². The van der Waals surface area contributed by atoms with Crippen LogP contribution in [0.3, 0.4) is 0 Å². The summed E-state index contributed by atoms with van der Waals surface area (Å²) in [6.45, 7) is 7.41. The SMILES string of the molecule is C/C=C/C=CC(=O)OC(C)(C)C. The fourth-order valence-electron chi connectivity index (χ4n) is 0.581. The second-order valence-corrected chi connectivity index (χ2v) is 3.42. The van der Waals surface area contributed by atoms with Gasteiger partial charge in [0.2, 0.25) is 0 Å². The number of esters is 1. The first-order valence-electron chi connectivity index (χ1n) is 3.98. The molecule has 0 radical (unpaired) electrons. The van der Waals surface area contributed by atoms with Gasteiger partial charge in [-0.2, -0.15) is 0 Å². The summed E-state index contributed by atoms with van der Waals surface area (Å²) in [6.07, 6.45) is 6.70. The van der Waals surface area contributed by atoms with E-state index in [4.69, 9.17) is 4.74 Å². The average molecular weight is 168 g/mol. The van der Waals surface area contributed by atoms with Gasteiger partial charge in [-0.15, -0.1) is 0 Å². The first kappa shape index (κ1) is 11.0. The van der Waals surface area contributed by atoms with E-state index in [9.17, 15) is 4.79 Å². The van der Waals surface area contributed by atoms with Crippen molar-refractivity contribution in [2.45, 2.75) is 33.3 Å². The monoisotopic (exact) mass is 168 g/mol. The Morgan fingerprint density at radius 3 is 2.25 bits per heavy atom. The molecular weight excluding hydrogens is 152 g/mol. The van der Waals surface area contributed by atoms with Crippen LogP contribution in [-0.2, 0) is 9.53 Å². The quantitative estimate of drug-likeness (QED) is 0.359. The third-order valence-electron chi connectivity index (χ3n) is 0.943. The number of rotatable bonds is 2. The van der Waals surface area contributed by atoms with E-state index in [1.807, 2.05) is 33.8 Å². The Bertz CT molecular complexity index is 194. The van der Waals surface area contributed by atoms with Crippen molar-refractivity contribution in [1.29, 1.82) is 0 Å². The Morgan fingerprint density at radius 2 is 1.83 bits per heavy atom. The summed E-state index contributed by atoms with van der Waals surface area (Å²) in [5.41, 5.74) is -0.405. The van der Waals surface area contributed by atoms with Gasteiger partial charge < -0.3 is 4.74 Å². The Balaban J connectivity index is 3.91. The second kappa shape index (κ2) is 4.75. The number of allylic oxidation sites excluding steroid dienone is 3. The molecule has 0 N–H and O–H groups in total. The maximum absolute atomic E-state index is 11.0. The van der Waals surface area contributed by atoms with Gasteiger partial charge in [0, 0.05) is 6.08 Å². The van der Waals surface area contributed by atoms with E-state index >= 15 is 0 Å². The van der Waals surface area contributed by atoms with E-state index < -0.39 is 5.60 Å². The largest absolute Gasteiger partial charge is 0.457 e. The molecule has 0 spiro atoms. The van der Waals surface area contributed by atoms with E-state index in [-0.39, 0.29) is 5.97 Å². The predicted octanol–water partition coefficient (Wildman–Crippen LogP) is 2.46. The molecule has 0 aromatic rings. The van der Waals surface area contributed by atoms with E-state index in [1.165, 1.54) is 6.08 Å². The maximum atomic E-state index is 11.0. The molecule has 12 heavy (non-hydrogen) atoms. The Morgan fingerprint density at radius 1 is 1.25 bits per heavy atom. The van der Waals surface area contributed by atoms with Crippen molar-refractivity contribution >= 4 is 5.97 Å². The average Bonchev–Trinajstić information content (AvgIpc) is 1.84. The van der Waals surface area contributed by atoms with Crippen LogP contribution in [0.4, 0.5) is 0 Å². The van der Waals surface area contributed by atoms with Crippen LogP contribution in [-0.4, -0.2) is 11.6 Å². The smallest absolute Gasteiger partial charge is 0.331 e. The predicted molar refractivity (Wildman–Crippen MR) is 49.8 cm³/mol. The molecule has 0 aliphatic carbocycles. The van der Waals surface area contributed by atoms with Gasteiger partial charge in [0.25, 0.3) is 0 Å². The zero-order valence-corrected chi connectivity index (χ0v) is 8.13. The van der Waals surface area contributed by atoms with Gasteiger partial charge in [-0.05, 0) is 27.7 Å². The lowest BCUT2D eigenvalue weighted by Gasteiger charge is -2.17. The first-order chi connectivity index (χ1) is 5.45. The van der Waals surface area contributed by atoms with Crippen LogP contribution in [0.5, 0.6) is 0 Å². The van der Waals surface area contributed by atoms with Crippen molar-refractivity contribution in [2.24, 2.45) is 0 Å². The number of carbonyl (C=O) groups is 1. The highest BCUT2D eigenvalue weighted by Gasteiger charge is 2.13. The molecule has 0 aromatic heterocycles. The molecule has 0 fully saturated rings. The fourth-order valence-corrected chi connectivity index (χ4v) is 0.581. The standard InChI is InChI=1S/C10H16O2/c1-5-6-7-8-9(11)12-10(2,3)4/h5-8H,1-4H3/b6-5+,8-7?. The van der Waals surface area contributed by atoms with Gasteiger partial charge in [0.1, 0.15) is 5.60 Å². The number of carbonyl (C=O) groups excluding carboxylic acids is 1. The van der Waals surface area contributed by atoms with Gasteiger partial charge in [-0.25, -0.2) is 4.79 Å². The highest BCUT2D eigenvalue weighted by atomic mass is 16.6. The highest BCUT2D eigenvalue weighted by molar-refractivity contribution is 5.82. The molecule has 2 nitrogen and oxygen atoms in total. The van der Waals surface area contributed by atoms with Crippen LogP contribution in [0.1, 0.15) is 27.7 Å². The zero-order chi connectivity index (χ0) is 9.61. The lowest BCUT2D eigenvalue weighted by atomic mass is 10.2. The van der Waals surface area contributed by atoms with Gasteiger partial charge in [-0.1, -0.05) is 18.2 Å². The van der Waals surface area contributed by atoms with Crippen molar-refractivity contribution in [3.05, 3.63) is 24.3 Å². The molecule has 0 amide bonds. The molecule has 0 atom stereocenters. The Hall–Kier alpha value is -1.05. The molecule has 0 bridgehead atoms. The molecule has 0 saturated heterocycles. The summed E-state index contributed by atoms with van der Waals surface area (Å²) in [7, 11) is 0. The van der Waals surface area contributed by atoms with Crippen molar-refractivity contribution < 1.29 is 9.53 Å². The van der Waals surface area contributed by atoms with Gasteiger partial charge in [0.15, 0.2) is 0 Å². The molecule has 0 unspecified atom stereocenters. The third kappa shape index (κ3) is 7.06. The Labute approximate surface area is 73.9 Å². The summed E-state index contributed by atoms with van der Waals surface area (Å²) in [5, 5.41) is 0. The van der Waals surface area contributed by atoms with Crippen molar-refractivity contribution in [2.75, 3.05) is 0 Å². The summed E-state index contributed by atoms with van der Waals surface area (Å²) < 4.78 is 5.02. The lowest BCUT2D eigenvalue weighted by Crippen LogP contribution is -2.22. The minimum absolute atomic E-state index is 0.305. The van der Waals surface area contributed by atoms with Gasteiger partial charge in [-0.3, -0.25) is 0 Å². The van der Waals surface area contributed by atoms with E-state index in [0.29, 0.717) is 0 Å². The van der Waals surface area contributed by atoms with Crippen molar-refractivity contribution in [3.63, 3.8) is 0 Å². The van der Waals surface area contributed by atoms with Gasteiger partial charge in [0.05, 0.1) is 0 Å². The number of hydrogen-bond donors (Lipinski definition) is 0. The summed E-state index contributed by atoms with van der Waals surface area (Å²) in [6, 6.07) is 0. The van der Waals surface area contributed by atoms with E-state index in [1.54, 1.807) is 12.2 Å².